The molecular weight excluding hydrogens is 380 g/mol. The number of nitrogens with one attached hydrogen (secondary N) is 1. The molecule has 152 valence electrons. The molecule has 1 aliphatic heterocycles. The van der Waals surface area contributed by atoms with Crippen LogP contribution in [-0.4, -0.2) is 34.4 Å². The summed E-state index contributed by atoms with van der Waals surface area (Å²) in [6.07, 6.45) is 4.96. The molecule has 1 saturated heterocycles. The van der Waals surface area contributed by atoms with Crippen molar-refractivity contribution >= 4 is 17.5 Å². The fourth-order valence-corrected chi connectivity index (χ4v) is 3.84. The van der Waals surface area contributed by atoms with Crippen LogP contribution in [0.25, 0.3) is 5.88 Å². The molecule has 1 unspecified atom stereocenters. The number of rotatable bonds is 4. The van der Waals surface area contributed by atoms with Crippen molar-refractivity contribution in [1.82, 2.24) is 9.47 Å². The maximum Gasteiger partial charge on any atom is 0.258 e. The van der Waals surface area contributed by atoms with Crippen molar-refractivity contribution in [3.63, 3.8) is 0 Å². The summed E-state index contributed by atoms with van der Waals surface area (Å²) in [5, 5.41) is 12.6. The number of amides is 2. The smallest absolute Gasteiger partial charge is 0.258 e. The van der Waals surface area contributed by atoms with E-state index < -0.39 is 0 Å². The van der Waals surface area contributed by atoms with Gasteiger partial charge < -0.3 is 14.6 Å². The Hall–Kier alpha value is -3.79. The second-order valence-corrected chi connectivity index (χ2v) is 7.36. The second kappa shape index (κ2) is 8.29. The van der Waals surface area contributed by atoms with Crippen LogP contribution in [0, 0.1) is 24.2 Å². The number of benzene rings is 1. The lowest BCUT2D eigenvalue weighted by Gasteiger charge is -2.32. The van der Waals surface area contributed by atoms with E-state index in [0.29, 0.717) is 31.2 Å². The van der Waals surface area contributed by atoms with Crippen LogP contribution in [0.2, 0.25) is 0 Å². The molecular formula is C23H22N4O3. The first-order chi connectivity index (χ1) is 14.6. The Kier molecular flexibility index (Phi) is 5.40. The minimum atomic E-state index is -0.301. The molecule has 0 saturated carbocycles. The summed E-state index contributed by atoms with van der Waals surface area (Å²) in [6, 6.07) is 15.0. The zero-order valence-corrected chi connectivity index (χ0v) is 16.7. The third-order valence-corrected chi connectivity index (χ3v) is 5.35. The highest BCUT2D eigenvalue weighted by atomic mass is 16.4. The van der Waals surface area contributed by atoms with Gasteiger partial charge in [0.15, 0.2) is 0 Å². The standard InChI is InChI=1S/C23H22N4O3/c1-16-20(19(14-24)23(30-16)26-11-5-6-12-26)22(29)27-13-7-8-17(15-27)21(28)25-18-9-3-2-4-10-18/h2-6,9-12,17H,7-8,13,15H2,1H3,(H,25,28). The number of furan rings is 1. The molecule has 1 fully saturated rings. The number of carbonyl (C=O) groups is 2. The molecule has 0 radical (unpaired) electrons. The molecule has 7 nitrogen and oxygen atoms in total. The molecule has 1 N–H and O–H groups in total. The first-order valence-electron chi connectivity index (χ1n) is 9.90. The van der Waals surface area contributed by atoms with Gasteiger partial charge in [-0.15, -0.1) is 0 Å². The minimum Gasteiger partial charge on any atom is -0.443 e. The van der Waals surface area contributed by atoms with Crippen molar-refractivity contribution in [3.05, 3.63) is 71.7 Å². The van der Waals surface area contributed by atoms with E-state index in [2.05, 4.69) is 11.4 Å². The predicted octanol–water partition coefficient (Wildman–Crippen LogP) is 3.74. The van der Waals surface area contributed by atoms with Crippen LogP contribution in [0.5, 0.6) is 0 Å². The fraction of sp³-hybridized carbons (Fsp3) is 0.261. The lowest BCUT2D eigenvalue weighted by molar-refractivity contribution is -0.121. The Morgan fingerprint density at radius 1 is 1.17 bits per heavy atom. The molecule has 3 heterocycles. The third kappa shape index (κ3) is 3.72. The number of hydrogen-bond donors (Lipinski definition) is 1. The van der Waals surface area contributed by atoms with Gasteiger partial charge in [0.2, 0.25) is 11.8 Å². The van der Waals surface area contributed by atoms with E-state index in [4.69, 9.17) is 4.42 Å². The second-order valence-electron chi connectivity index (χ2n) is 7.36. The van der Waals surface area contributed by atoms with E-state index in [0.717, 1.165) is 12.1 Å². The predicted molar refractivity (Wildman–Crippen MR) is 111 cm³/mol. The molecule has 3 aromatic rings. The van der Waals surface area contributed by atoms with Crippen LogP contribution in [-0.2, 0) is 4.79 Å². The summed E-state index contributed by atoms with van der Waals surface area (Å²) in [4.78, 5) is 27.6. The Morgan fingerprint density at radius 3 is 2.60 bits per heavy atom. The van der Waals surface area contributed by atoms with Crippen LogP contribution in [0.15, 0.2) is 59.3 Å². The van der Waals surface area contributed by atoms with Crippen LogP contribution in [0.1, 0.15) is 34.5 Å². The average molecular weight is 402 g/mol. The summed E-state index contributed by atoms with van der Waals surface area (Å²) < 4.78 is 7.44. The number of piperidine rings is 1. The molecule has 7 heteroatoms. The Morgan fingerprint density at radius 2 is 1.90 bits per heavy atom. The van der Waals surface area contributed by atoms with E-state index in [-0.39, 0.29) is 28.9 Å². The van der Waals surface area contributed by atoms with Crippen molar-refractivity contribution in [3.8, 4) is 12.0 Å². The maximum atomic E-state index is 13.3. The minimum absolute atomic E-state index is 0.101. The fourth-order valence-electron chi connectivity index (χ4n) is 3.84. The van der Waals surface area contributed by atoms with Gasteiger partial charge in [0.05, 0.1) is 5.92 Å². The lowest BCUT2D eigenvalue weighted by atomic mass is 9.96. The van der Waals surface area contributed by atoms with Crippen molar-refractivity contribution in [2.45, 2.75) is 19.8 Å². The van der Waals surface area contributed by atoms with Gasteiger partial charge in [0.1, 0.15) is 23.0 Å². The number of para-hydroxylation sites is 1. The molecule has 1 atom stereocenters. The molecule has 1 aromatic carbocycles. The lowest BCUT2D eigenvalue weighted by Crippen LogP contribution is -2.44. The summed E-state index contributed by atoms with van der Waals surface area (Å²) in [7, 11) is 0. The molecule has 2 amide bonds. The van der Waals surface area contributed by atoms with Gasteiger partial charge in [-0.25, -0.2) is 0 Å². The van der Waals surface area contributed by atoms with Crippen molar-refractivity contribution in [1.29, 1.82) is 5.26 Å². The molecule has 0 spiro atoms. The highest BCUT2D eigenvalue weighted by molar-refractivity contribution is 5.99. The largest absolute Gasteiger partial charge is 0.443 e. The number of nitriles is 1. The Labute approximate surface area is 174 Å². The van der Waals surface area contributed by atoms with Crippen molar-refractivity contribution in [2.75, 3.05) is 18.4 Å². The van der Waals surface area contributed by atoms with Gasteiger partial charge in [-0.1, -0.05) is 18.2 Å². The van der Waals surface area contributed by atoms with Crippen molar-refractivity contribution in [2.24, 2.45) is 5.92 Å². The quantitative estimate of drug-likeness (QED) is 0.720. The molecule has 4 rings (SSSR count). The summed E-state index contributed by atoms with van der Waals surface area (Å²) >= 11 is 0. The number of aromatic nitrogens is 1. The molecule has 1 aliphatic rings. The molecule has 30 heavy (non-hydrogen) atoms. The molecule has 2 aromatic heterocycles. The number of nitrogens with zero attached hydrogens (tertiary/aromatic N) is 3. The summed E-state index contributed by atoms with van der Waals surface area (Å²) in [5.41, 5.74) is 1.22. The van der Waals surface area contributed by atoms with E-state index in [1.807, 2.05) is 42.5 Å². The van der Waals surface area contributed by atoms with Gasteiger partial charge in [-0.3, -0.25) is 14.2 Å². The zero-order chi connectivity index (χ0) is 21.1. The first-order valence-corrected chi connectivity index (χ1v) is 9.90. The average Bonchev–Trinajstić information content (AvgIpc) is 3.41. The Bertz CT molecular complexity index is 1090. The van der Waals surface area contributed by atoms with Crippen LogP contribution < -0.4 is 5.32 Å². The van der Waals surface area contributed by atoms with Crippen LogP contribution in [0.3, 0.4) is 0 Å². The van der Waals surface area contributed by atoms with Crippen LogP contribution in [0.4, 0.5) is 5.69 Å². The number of aryl methyl sites for hydroxylation is 1. The first kappa shape index (κ1) is 19.5. The van der Waals surface area contributed by atoms with Gasteiger partial charge in [0, 0.05) is 31.2 Å². The van der Waals surface area contributed by atoms with Gasteiger partial charge >= 0.3 is 0 Å². The van der Waals surface area contributed by atoms with Gasteiger partial charge in [0.25, 0.3) is 5.91 Å². The van der Waals surface area contributed by atoms with Gasteiger partial charge in [-0.05, 0) is 44.0 Å². The SMILES string of the molecule is Cc1oc(-n2cccc2)c(C#N)c1C(=O)N1CCCC(C(=O)Nc2ccccc2)C1. The normalized spacial score (nSPS) is 16.1. The van der Waals surface area contributed by atoms with Crippen LogP contribution >= 0.6 is 0 Å². The van der Waals surface area contributed by atoms with E-state index in [9.17, 15) is 14.9 Å². The van der Waals surface area contributed by atoms with Gasteiger partial charge in [-0.2, -0.15) is 5.26 Å². The molecule has 0 aliphatic carbocycles. The third-order valence-electron chi connectivity index (χ3n) is 5.35. The molecule has 0 bridgehead atoms. The van der Waals surface area contributed by atoms with E-state index >= 15 is 0 Å². The van der Waals surface area contributed by atoms with E-state index in [1.54, 1.807) is 28.8 Å². The summed E-state index contributed by atoms with van der Waals surface area (Å²) in [6.45, 7) is 2.54. The number of anilines is 1. The monoisotopic (exact) mass is 402 g/mol. The highest BCUT2D eigenvalue weighted by Crippen LogP contribution is 2.28. The summed E-state index contributed by atoms with van der Waals surface area (Å²) in [5.74, 6) is 0.0546. The number of carbonyl (C=O) groups excluding carboxylic acids is 2. The van der Waals surface area contributed by atoms with E-state index in [1.165, 1.54) is 0 Å². The topological polar surface area (TPSA) is 91.3 Å². The Balaban J connectivity index is 1.54. The number of likely N-dealkylation sites (tertiary alicyclic amines) is 1. The highest BCUT2D eigenvalue weighted by Gasteiger charge is 2.33. The number of hydrogen-bond acceptors (Lipinski definition) is 4. The zero-order valence-electron chi connectivity index (χ0n) is 16.7. The van der Waals surface area contributed by atoms with Crippen molar-refractivity contribution < 1.29 is 14.0 Å². The maximum absolute atomic E-state index is 13.3.